The third kappa shape index (κ3) is 3.05. The van der Waals surface area contributed by atoms with E-state index in [-0.39, 0.29) is 0 Å². The van der Waals surface area contributed by atoms with Gasteiger partial charge in [0.25, 0.3) is 0 Å². The number of aliphatic hydroxyl groups excluding tert-OH is 1. The fourth-order valence-electron chi connectivity index (χ4n) is 1.67. The van der Waals surface area contributed by atoms with E-state index in [0.29, 0.717) is 11.6 Å². The summed E-state index contributed by atoms with van der Waals surface area (Å²) in [6, 6.07) is 9.34. The zero-order valence-corrected chi connectivity index (χ0v) is 11.7. The van der Waals surface area contributed by atoms with Crippen LogP contribution in [0.2, 0.25) is 5.02 Å². The maximum atomic E-state index is 10.4. The average molecular weight is 283 g/mol. The van der Waals surface area contributed by atoms with Gasteiger partial charge in [0.05, 0.1) is 11.6 Å². The number of ether oxygens (including phenoxy) is 1. The van der Waals surface area contributed by atoms with Crippen LogP contribution in [0.3, 0.4) is 0 Å². The van der Waals surface area contributed by atoms with E-state index in [1.807, 2.05) is 29.6 Å². The minimum atomic E-state index is -0.685. The van der Waals surface area contributed by atoms with Crippen LogP contribution in [0.5, 0.6) is 5.75 Å². The summed E-state index contributed by atoms with van der Waals surface area (Å²) >= 11 is 7.33. The molecule has 2 nitrogen and oxygen atoms in total. The highest BCUT2D eigenvalue weighted by Crippen LogP contribution is 2.34. The Balaban J connectivity index is 2.26. The predicted octanol–water partition coefficient (Wildman–Crippen LogP) is 4.27. The lowest BCUT2D eigenvalue weighted by molar-refractivity contribution is 0.214. The van der Waals surface area contributed by atoms with E-state index in [1.54, 1.807) is 6.07 Å². The van der Waals surface area contributed by atoms with Gasteiger partial charge in [-0.3, -0.25) is 0 Å². The Morgan fingerprint density at radius 3 is 2.83 bits per heavy atom. The van der Waals surface area contributed by atoms with Gasteiger partial charge in [-0.2, -0.15) is 0 Å². The molecule has 18 heavy (non-hydrogen) atoms. The molecule has 1 aromatic carbocycles. The molecule has 2 rings (SSSR count). The van der Waals surface area contributed by atoms with Crippen molar-refractivity contribution in [2.24, 2.45) is 0 Å². The first-order valence-corrected chi connectivity index (χ1v) is 7.12. The molecule has 0 saturated carbocycles. The third-order valence-electron chi connectivity index (χ3n) is 2.53. The highest BCUT2D eigenvalue weighted by atomic mass is 35.5. The number of hydrogen-bond donors (Lipinski definition) is 1. The first-order valence-electron chi connectivity index (χ1n) is 5.86. The van der Waals surface area contributed by atoms with Crippen LogP contribution >= 0.6 is 22.9 Å². The minimum Gasteiger partial charge on any atom is -0.493 e. The topological polar surface area (TPSA) is 29.5 Å². The zero-order valence-electron chi connectivity index (χ0n) is 10.1. The Morgan fingerprint density at radius 2 is 2.17 bits per heavy atom. The van der Waals surface area contributed by atoms with Crippen molar-refractivity contribution in [3.8, 4) is 5.75 Å². The Morgan fingerprint density at radius 1 is 1.39 bits per heavy atom. The van der Waals surface area contributed by atoms with E-state index < -0.39 is 6.10 Å². The summed E-state index contributed by atoms with van der Waals surface area (Å²) in [4.78, 5) is 0.826. The normalized spacial score (nSPS) is 12.4. The van der Waals surface area contributed by atoms with Crippen LogP contribution in [0.15, 0.2) is 35.7 Å². The summed E-state index contributed by atoms with van der Waals surface area (Å²) in [5.41, 5.74) is 0.782. The van der Waals surface area contributed by atoms with Gasteiger partial charge in [0, 0.05) is 15.8 Å². The number of benzene rings is 1. The van der Waals surface area contributed by atoms with E-state index in [1.165, 1.54) is 11.3 Å². The van der Waals surface area contributed by atoms with Crippen molar-refractivity contribution >= 4 is 22.9 Å². The van der Waals surface area contributed by atoms with Crippen molar-refractivity contribution < 1.29 is 9.84 Å². The van der Waals surface area contributed by atoms with Crippen molar-refractivity contribution in [1.29, 1.82) is 0 Å². The molecule has 2 aromatic rings. The standard InChI is InChI=1S/C14H15ClO2S/c1-2-7-17-12-6-4-3-5-11(12)14(16)13-8-10(15)9-18-13/h3-6,8-9,14,16H,2,7H2,1H3. The maximum Gasteiger partial charge on any atom is 0.125 e. The van der Waals surface area contributed by atoms with Crippen molar-refractivity contribution in [3.05, 3.63) is 51.2 Å². The van der Waals surface area contributed by atoms with Crippen LogP contribution in [0, 0.1) is 0 Å². The molecule has 96 valence electrons. The summed E-state index contributed by atoms with van der Waals surface area (Å²) in [5, 5.41) is 12.8. The highest BCUT2D eigenvalue weighted by molar-refractivity contribution is 7.10. The molecule has 0 spiro atoms. The first kappa shape index (κ1) is 13.4. The van der Waals surface area contributed by atoms with Crippen LogP contribution in [0.4, 0.5) is 0 Å². The van der Waals surface area contributed by atoms with E-state index >= 15 is 0 Å². The molecule has 4 heteroatoms. The quantitative estimate of drug-likeness (QED) is 0.887. The molecule has 0 amide bonds. The Kier molecular flexibility index (Phi) is 4.64. The molecule has 0 bridgehead atoms. The zero-order chi connectivity index (χ0) is 13.0. The van der Waals surface area contributed by atoms with Gasteiger partial charge in [0.2, 0.25) is 0 Å². The van der Waals surface area contributed by atoms with Crippen LogP contribution < -0.4 is 4.74 Å². The highest BCUT2D eigenvalue weighted by Gasteiger charge is 2.16. The van der Waals surface area contributed by atoms with E-state index in [9.17, 15) is 5.11 Å². The fourth-order valence-corrected chi connectivity index (χ4v) is 2.76. The fraction of sp³-hybridized carbons (Fsp3) is 0.286. The molecule has 0 aliphatic carbocycles. The molecule has 0 aliphatic heterocycles. The first-order chi connectivity index (χ1) is 8.72. The number of halogens is 1. The lowest BCUT2D eigenvalue weighted by Gasteiger charge is -2.14. The van der Waals surface area contributed by atoms with Gasteiger partial charge >= 0.3 is 0 Å². The Bertz CT molecular complexity index is 510. The van der Waals surface area contributed by atoms with E-state index in [4.69, 9.17) is 16.3 Å². The van der Waals surface area contributed by atoms with Crippen LogP contribution in [-0.2, 0) is 0 Å². The Hall–Kier alpha value is -1.03. The number of hydrogen-bond acceptors (Lipinski definition) is 3. The summed E-state index contributed by atoms with van der Waals surface area (Å²) in [6.45, 7) is 2.70. The van der Waals surface area contributed by atoms with Crippen LogP contribution in [0.1, 0.15) is 29.9 Å². The molecule has 0 aliphatic rings. The molecule has 1 N–H and O–H groups in total. The summed E-state index contributed by atoms with van der Waals surface area (Å²) in [5.74, 6) is 0.733. The molecule has 0 fully saturated rings. The predicted molar refractivity (Wildman–Crippen MR) is 75.6 cm³/mol. The van der Waals surface area contributed by atoms with Gasteiger partial charge in [-0.25, -0.2) is 0 Å². The second kappa shape index (κ2) is 6.23. The monoisotopic (exact) mass is 282 g/mol. The lowest BCUT2D eigenvalue weighted by Crippen LogP contribution is -2.03. The Labute approximate surface area is 116 Å². The molecule has 1 heterocycles. The summed E-state index contributed by atoms with van der Waals surface area (Å²) in [7, 11) is 0. The van der Waals surface area contributed by atoms with Gasteiger partial charge in [0.15, 0.2) is 0 Å². The largest absolute Gasteiger partial charge is 0.493 e. The third-order valence-corrected chi connectivity index (χ3v) is 3.87. The number of thiophene rings is 1. The van der Waals surface area contributed by atoms with Crippen molar-refractivity contribution in [2.45, 2.75) is 19.4 Å². The van der Waals surface area contributed by atoms with Gasteiger partial charge in [-0.05, 0) is 18.6 Å². The second-order valence-electron chi connectivity index (χ2n) is 3.96. The van der Waals surface area contributed by atoms with Gasteiger partial charge in [0.1, 0.15) is 11.9 Å². The van der Waals surface area contributed by atoms with Crippen LogP contribution in [-0.4, -0.2) is 11.7 Å². The number of rotatable bonds is 5. The number of para-hydroxylation sites is 1. The summed E-state index contributed by atoms with van der Waals surface area (Å²) < 4.78 is 5.65. The molecular weight excluding hydrogens is 268 g/mol. The SMILES string of the molecule is CCCOc1ccccc1C(O)c1cc(Cl)cs1. The lowest BCUT2D eigenvalue weighted by atomic mass is 10.1. The van der Waals surface area contributed by atoms with Gasteiger partial charge < -0.3 is 9.84 Å². The smallest absolute Gasteiger partial charge is 0.125 e. The molecule has 1 atom stereocenters. The van der Waals surface area contributed by atoms with Crippen LogP contribution in [0.25, 0.3) is 0 Å². The molecule has 1 aromatic heterocycles. The van der Waals surface area contributed by atoms with Crippen molar-refractivity contribution in [1.82, 2.24) is 0 Å². The number of aliphatic hydroxyl groups is 1. The molecule has 0 saturated heterocycles. The second-order valence-corrected chi connectivity index (χ2v) is 5.34. The minimum absolute atomic E-state index is 0.648. The average Bonchev–Trinajstić information content (AvgIpc) is 2.82. The molecule has 1 unspecified atom stereocenters. The van der Waals surface area contributed by atoms with Crippen molar-refractivity contribution in [2.75, 3.05) is 6.61 Å². The summed E-state index contributed by atoms with van der Waals surface area (Å²) in [6.07, 6.45) is 0.255. The van der Waals surface area contributed by atoms with E-state index in [2.05, 4.69) is 6.92 Å². The molecular formula is C14H15ClO2S. The van der Waals surface area contributed by atoms with E-state index in [0.717, 1.165) is 22.6 Å². The maximum absolute atomic E-state index is 10.4. The van der Waals surface area contributed by atoms with Gasteiger partial charge in [-0.15, -0.1) is 11.3 Å². The van der Waals surface area contributed by atoms with Gasteiger partial charge in [-0.1, -0.05) is 36.7 Å². The van der Waals surface area contributed by atoms with Crippen molar-refractivity contribution in [3.63, 3.8) is 0 Å². The molecule has 0 radical (unpaired) electrons.